The molecule has 1 aromatic heterocycles. The topological polar surface area (TPSA) is 58.6 Å². The Balaban J connectivity index is 1.49. The summed E-state index contributed by atoms with van der Waals surface area (Å²) >= 11 is 0. The van der Waals surface area contributed by atoms with Crippen molar-refractivity contribution < 1.29 is 9.53 Å². The summed E-state index contributed by atoms with van der Waals surface area (Å²) in [5, 5.41) is 0. The molecular formula is C21H28N4O2. The number of carbonyl (C=O) groups excluding carboxylic acids is 1. The number of benzene rings is 1. The highest BCUT2D eigenvalue weighted by molar-refractivity contribution is 5.72. The number of ether oxygens (including phenoxy) is 1. The van der Waals surface area contributed by atoms with Gasteiger partial charge in [-0.2, -0.15) is 0 Å². The number of piperazine rings is 1. The van der Waals surface area contributed by atoms with E-state index >= 15 is 0 Å². The van der Waals surface area contributed by atoms with Crippen LogP contribution in [0.2, 0.25) is 0 Å². The van der Waals surface area contributed by atoms with E-state index in [1.165, 1.54) is 5.56 Å². The predicted molar refractivity (Wildman–Crippen MR) is 106 cm³/mol. The molecule has 0 radical (unpaired) electrons. The smallest absolute Gasteiger partial charge is 0.310 e. The number of carbonyl (C=O) groups is 1. The first kappa shape index (κ1) is 19.3. The summed E-state index contributed by atoms with van der Waals surface area (Å²) in [6.45, 7) is 10.3. The van der Waals surface area contributed by atoms with Gasteiger partial charge in [0.15, 0.2) is 0 Å². The third-order valence-corrected chi connectivity index (χ3v) is 4.36. The minimum absolute atomic E-state index is 0.197. The van der Waals surface area contributed by atoms with E-state index in [1.807, 2.05) is 26.8 Å². The van der Waals surface area contributed by atoms with Crippen molar-refractivity contribution in [3.63, 3.8) is 0 Å². The maximum atomic E-state index is 11.9. The van der Waals surface area contributed by atoms with Crippen molar-refractivity contribution in [3.05, 3.63) is 53.9 Å². The second-order valence-electron chi connectivity index (χ2n) is 7.90. The Hall–Kier alpha value is -2.47. The number of rotatable bonds is 5. The van der Waals surface area contributed by atoms with Crippen molar-refractivity contribution in [3.8, 4) is 0 Å². The van der Waals surface area contributed by atoms with Gasteiger partial charge in [0.1, 0.15) is 5.60 Å². The molecule has 1 aliphatic heterocycles. The zero-order chi connectivity index (χ0) is 19.3. The first-order valence-corrected chi connectivity index (χ1v) is 9.43. The molecule has 0 amide bonds. The number of aromatic nitrogens is 2. The molecule has 6 nitrogen and oxygen atoms in total. The molecule has 0 atom stereocenters. The van der Waals surface area contributed by atoms with E-state index in [4.69, 9.17) is 4.74 Å². The summed E-state index contributed by atoms with van der Waals surface area (Å²) in [5.74, 6) is 0.468. The van der Waals surface area contributed by atoms with Crippen molar-refractivity contribution in [1.82, 2.24) is 14.9 Å². The van der Waals surface area contributed by atoms with Crippen LogP contribution in [0.4, 0.5) is 5.95 Å². The molecule has 0 bridgehead atoms. The lowest BCUT2D eigenvalue weighted by molar-refractivity contribution is -0.153. The fourth-order valence-electron chi connectivity index (χ4n) is 3.09. The van der Waals surface area contributed by atoms with Crippen LogP contribution in [0.1, 0.15) is 31.9 Å². The minimum atomic E-state index is -0.475. The molecule has 1 aliphatic rings. The van der Waals surface area contributed by atoms with Gasteiger partial charge < -0.3 is 9.64 Å². The van der Waals surface area contributed by atoms with Gasteiger partial charge >= 0.3 is 5.97 Å². The molecule has 2 heterocycles. The fourth-order valence-corrected chi connectivity index (χ4v) is 3.09. The van der Waals surface area contributed by atoms with Gasteiger partial charge in [-0.25, -0.2) is 9.97 Å². The van der Waals surface area contributed by atoms with Gasteiger partial charge in [0, 0.05) is 50.7 Å². The molecule has 1 fully saturated rings. The van der Waals surface area contributed by atoms with Crippen molar-refractivity contribution in [2.45, 2.75) is 39.3 Å². The third-order valence-electron chi connectivity index (χ3n) is 4.36. The Morgan fingerprint density at radius 1 is 1.00 bits per heavy atom. The van der Waals surface area contributed by atoms with Gasteiger partial charge in [0.2, 0.25) is 5.95 Å². The van der Waals surface area contributed by atoms with Crippen LogP contribution in [0.3, 0.4) is 0 Å². The average molecular weight is 368 g/mol. The quantitative estimate of drug-likeness (QED) is 0.757. The van der Waals surface area contributed by atoms with Gasteiger partial charge in [0.05, 0.1) is 6.42 Å². The maximum absolute atomic E-state index is 11.9. The standard InChI is InChI=1S/C21H28N4O2/c1-21(2,3)27-19(26)13-18-14-22-20(23-15-18)25-11-9-24(10-12-25)16-17-7-5-4-6-8-17/h4-8,14-15H,9-13,16H2,1-3H3. The largest absolute Gasteiger partial charge is 0.460 e. The van der Waals surface area contributed by atoms with E-state index in [0.29, 0.717) is 0 Å². The van der Waals surface area contributed by atoms with Gasteiger partial charge in [-0.15, -0.1) is 0 Å². The van der Waals surface area contributed by atoms with Crippen LogP contribution in [-0.4, -0.2) is 52.6 Å². The molecule has 0 aliphatic carbocycles. The van der Waals surface area contributed by atoms with Crippen LogP contribution in [0, 0.1) is 0 Å². The monoisotopic (exact) mass is 368 g/mol. The van der Waals surface area contributed by atoms with Crippen LogP contribution in [0.15, 0.2) is 42.7 Å². The molecule has 1 aromatic carbocycles. The Morgan fingerprint density at radius 2 is 1.63 bits per heavy atom. The lowest BCUT2D eigenvalue weighted by Crippen LogP contribution is -2.46. The second-order valence-corrected chi connectivity index (χ2v) is 7.90. The summed E-state index contributed by atoms with van der Waals surface area (Å²) in [4.78, 5) is 25.4. The van der Waals surface area contributed by atoms with E-state index in [1.54, 1.807) is 12.4 Å². The first-order valence-electron chi connectivity index (χ1n) is 9.43. The predicted octanol–water partition coefficient (Wildman–Crippen LogP) is 2.68. The normalized spacial score (nSPS) is 15.6. The molecule has 0 spiro atoms. The van der Waals surface area contributed by atoms with Crippen molar-refractivity contribution in [2.75, 3.05) is 31.1 Å². The van der Waals surface area contributed by atoms with Crippen molar-refractivity contribution in [1.29, 1.82) is 0 Å². The molecule has 0 unspecified atom stereocenters. The minimum Gasteiger partial charge on any atom is -0.460 e. The molecule has 0 saturated carbocycles. The van der Waals surface area contributed by atoms with Crippen molar-refractivity contribution in [2.24, 2.45) is 0 Å². The number of hydrogen-bond acceptors (Lipinski definition) is 6. The van der Waals surface area contributed by atoms with Gasteiger partial charge in [-0.1, -0.05) is 30.3 Å². The summed E-state index contributed by atoms with van der Waals surface area (Å²) in [6.07, 6.45) is 3.65. The third kappa shape index (κ3) is 6.03. The second kappa shape index (κ2) is 8.48. The summed E-state index contributed by atoms with van der Waals surface area (Å²) in [6, 6.07) is 10.5. The Morgan fingerprint density at radius 3 is 2.22 bits per heavy atom. The van der Waals surface area contributed by atoms with E-state index in [-0.39, 0.29) is 12.4 Å². The van der Waals surface area contributed by atoms with Crippen molar-refractivity contribution >= 4 is 11.9 Å². The van der Waals surface area contributed by atoms with E-state index < -0.39 is 5.60 Å². The lowest BCUT2D eigenvalue weighted by Gasteiger charge is -2.34. The van der Waals surface area contributed by atoms with Gasteiger partial charge in [-0.05, 0) is 26.3 Å². The van der Waals surface area contributed by atoms with Crippen LogP contribution >= 0.6 is 0 Å². The SMILES string of the molecule is CC(C)(C)OC(=O)Cc1cnc(N2CCN(Cc3ccccc3)CC2)nc1. The zero-order valence-corrected chi connectivity index (χ0v) is 16.4. The molecular weight excluding hydrogens is 340 g/mol. The van der Waals surface area contributed by atoms with Crippen LogP contribution in [0.5, 0.6) is 0 Å². The summed E-state index contributed by atoms with van der Waals surface area (Å²) < 4.78 is 5.34. The highest BCUT2D eigenvalue weighted by Crippen LogP contribution is 2.14. The van der Waals surface area contributed by atoms with E-state index in [2.05, 4.69) is 44.0 Å². The molecule has 2 aromatic rings. The highest BCUT2D eigenvalue weighted by atomic mass is 16.6. The molecule has 6 heteroatoms. The Labute approximate surface area is 161 Å². The molecule has 3 rings (SSSR count). The van der Waals surface area contributed by atoms with Gasteiger partial charge in [0.25, 0.3) is 0 Å². The molecule has 27 heavy (non-hydrogen) atoms. The van der Waals surface area contributed by atoms with Gasteiger partial charge in [-0.3, -0.25) is 9.69 Å². The molecule has 144 valence electrons. The number of nitrogens with zero attached hydrogens (tertiary/aromatic N) is 4. The van der Waals surface area contributed by atoms with E-state index in [9.17, 15) is 4.79 Å². The van der Waals surface area contributed by atoms with Crippen LogP contribution in [-0.2, 0) is 22.5 Å². The number of anilines is 1. The number of esters is 1. The Kier molecular flexibility index (Phi) is 6.06. The van der Waals surface area contributed by atoms with Crippen LogP contribution < -0.4 is 4.90 Å². The zero-order valence-electron chi connectivity index (χ0n) is 16.4. The Bertz CT molecular complexity index is 733. The molecule has 1 saturated heterocycles. The molecule has 0 N–H and O–H groups in total. The summed E-state index contributed by atoms with van der Waals surface area (Å²) in [7, 11) is 0. The van der Waals surface area contributed by atoms with Crippen LogP contribution in [0.25, 0.3) is 0 Å². The number of hydrogen-bond donors (Lipinski definition) is 0. The first-order chi connectivity index (χ1) is 12.9. The highest BCUT2D eigenvalue weighted by Gasteiger charge is 2.20. The average Bonchev–Trinajstić information content (AvgIpc) is 2.62. The summed E-state index contributed by atoms with van der Waals surface area (Å²) in [5.41, 5.74) is 1.64. The maximum Gasteiger partial charge on any atom is 0.310 e. The lowest BCUT2D eigenvalue weighted by atomic mass is 10.2. The fraction of sp³-hybridized carbons (Fsp3) is 0.476. The van der Waals surface area contributed by atoms with E-state index in [0.717, 1.165) is 44.2 Å².